The minimum atomic E-state index is 0.163. The van der Waals surface area contributed by atoms with Crippen LogP contribution < -0.4 is 20.7 Å². The molecule has 4 N–H and O–H groups in total. The first-order valence-electron chi connectivity index (χ1n) is 15.5. The van der Waals surface area contributed by atoms with Crippen LogP contribution in [-0.4, -0.2) is 78.5 Å². The number of fused-ring (bicyclic) bond motifs is 3. The lowest BCUT2D eigenvalue weighted by atomic mass is 9.91. The summed E-state index contributed by atoms with van der Waals surface area (Å²) in [5, 5.41) is 27.2. The van der Waals surface area contributed by atoms with Crippen molar-refractivity contribution in [1.82, 2.24) is 35.3 Å². The van der Waals surface area contributed by atoms with E-state index in [0.29, 0.717) is 46.9 Å². The summed E-state index contributed by atoms with van der Waals surface area (Å²) in [6.07, 6.45) is 12.5. The predicted molar refractivity (Wildman–Crippen MR) is 161 cm³/mol. The number of ether oxygens (including phenoxy) is 2. The smallest absolute Gasteiger partial charge is 0.226 e. The van der Waals surface area contributed by atoms with Crippen molar-refractivity contribution in [2.45, 2.75) is 87.8 Å². The molecule has 2 atom stereocenters. The molecule has 4 fully saturated rings. The molecule has 0 spiro atoms. The molecule has 1 aliphatic carbocycles. The van der Waals surface area contributed by atoms with Gasteiger partial charge in [0, 0.05) is 30.5 Å². The fourth-order valence-corrected chi connectivity index (χ4v) is 7.36. The van der Waals surface area contributed by atoms with Gasteiger partial charge in [-0.25, -0.2) is 9.97 Å². The topological polar surface area (TPSA) is 149 Å². The van der Waals surface area contributed by atoms with Crippen molar-refractivity contribution in [1.29, 1.82) is 0 Å². The van der Waals surface area contributed by atoms with Crippen molar-refractivity contribution in [3.8, 4) is 22.8 Å². The van der Waals surface area contributed by atoms with Crippen molar-refractivity contribution in [2.24, 2.45) is 0 Å². The van der Waals surface area contributed by atoms with Crippen LogP contribution in [0.15, 0.2) is 42.7 Å². The van der Waals surface area contributed by atoms with Crippen molar-refractivity contribution in [2.75, 3.05) is 23.7 Å². The first-order chi connectivity index (χ1) is 21.1. The number of benzene rings is 1. The monoisotopic (exact) mass is 583 g/mol. The summed E-state index contributed by atoms with van der Waals surface area (Å²) in [5.74, 6) is 2.01. The number of piperidine rings is 2. The number of anilines is 2. The van der Waals surface area contributed by atoms with Crippen LogP contribution in [0.3, 0.4) is 0 Å². The number of nitrogen functional groups attached to an aromatic ring is 1. The van der Waals surface area contributed by atoms with Gasteiger partial charge in [0.2, 0.25) is 5.95 Å². The maximum atomic E-state index is 10.4. The summed E-state index contributed by atoms with van der Waals surface area (Å²) >= 11 is 0. The minimum absolute atomic E-state index is 0.163. The van der Waals surface area contributed by atoms with Crippen molar-refractivity contribution in [3.63, 3.8) is 0 Å². The molecular formula is C31H37N9O3. The Kier molecular flexibility index (Phi) is 6.75. The minimum Gasteiger partial charge on any atom is -0.507 e. The van der Waals surface area contributed by atoms with Gasteiger partial charge >= 0.3 is 0 Å². The Morgan fingerprint density at radius 1 is 0.860 bits per heavy atom. The zero-order chi connectivity index (χ0) is 28.9. The summed E-state index contributed by atoms with van der Waals surface area (Å²) in [6.45, 7) is 2.10. The van der Waals surface area contributed by atoms with Gasteiger partial charge in [0.05, 0.1) is 41.9 Å². The molecule has 0 radical (unpaired) electrons. The lowest BCUT2D eigenvalue weighted by molar-refractivity contribution is -0.103. The van der Waals surface area contributed by atoms with Crippen molar-refractivity contribution < 1.29 is 14.6 Å². The van der Waals surface area contributed by atoms with Crippen molar-refractivity contribution in [3.05, 3.63) is 42.7 Å². The third-order valence-corrected chi connectivity index (χ3v) is 9.58. The van der Waals surface area contributed by atoms with E-state index in [-0.39, 0.29) is 17.9 Å². The molecule has 6 heterocycles. The summed E-state index contributed by atoms with van der Waals surface area (Å²) in [7, 11) is 0. The van der Waals surface area contributed by atoms with Gasteiger partial charge in [-0.2, -0.15) is 5.10 Å². The van der Waals surface area contributed by atoms with Crippen LogP contribution in [0.1, 0.15) is 57.4 Å². The number of aromatic nitrogens is 6. The number of aromatic hydroxyl groups is 1. The molecule has 0 amide bonds. The van der Waals surface area contributed by atoms with Crippen LogP contribution in [0.25, 0.3) is 22.3 Å². The predicted octanol–water partition coefficient (Wildman–Crippen LogP) is 3.62. The highest BCUT2D eigenvalue weighted by atomic mass is 16.5. The second-order valence-corrected chi connectivity index (χ2v) is 12.4. The summed E-state index contributed by atoms with van der Waals surface area (Å²) in [4.78, 5) is 11.9. The number of phenols is 1. The highest BCUT2D eigenvalue weighted by Gasteiger charge is 2.43. The Bertz CT molecular complexity index is 1590. The van der Waals surface area contributed by atoms with E-state index >= 15 is 0 Å². The quantitative estimate of drug-likeness (QED) is 0.293. The van der Waals surface area contributed by atoms with Crippen LogP contribution in [0.4, 0.5) is 11.8 Å². The second-order valence-electron chi connectivity index (χ2n) is 12.4. The molecule has 1 saturated carbocycles. The second kappa shape index (κ2) is 10.9. The van der Waals surface area contributed by atoms with E-state index in [9.17, 15) is 5.11 Å². The maximum Gasteiger partial charge on any atom is 0.226 e. The average Bonchev–Trinajstić information content (AvgIpc) is 3.48. The van der Waals surface area contributed by atoms with Gasteiger partial charge in [-0.05, 0) is 69.8 Å². The zero-order valence-corrected chi connectivity index (χ0v) is 24.0. The summed E-state index contributed by atoms with van der Waals surface area (Å²) in [6, 6.07) is 9.85. The van der Waals surface area contributed by atoms with Crippen LogP contribution in [0.5, 0.6) is 11.5 Å². The molecule has 4 aromatic rings. The molecule has 4 aliphatic rings. The van der Waals surface area contributed by atoms with Gasteiger partial charge in [-0.3, -0.25) is 4.68 Å². The number of phenolic OH excluding ortho intramolecular Hbond substituents is 1. The molecule has 224 valence electrons. The average molecular weight is 584 g/mol. The Hall–Kier alpha value is -4.03. The fourth-order valence-electron chi connectivity index (χ4n) is 7.36. The summed E-state index contributed by atoms with van der Waals surface area (Å²) in [5.41, 5.74) is 8.93. The van der Waals surface area contributed by atoms with Crippen LogP contribution in [0.2, 0.25) is 0 Å². The normalized spacial score (nSPS) is 27.3. The third-order valence-electron chi connectivity index (χ3n) is 9.58. The van der Waals surface area contributed by atoms with Gasteiger partial charge in [-0.15, -0.1) is 10.2 Å². The molecule has 43 heavy (non-hydrogen) atoms. The zero-order valence-electron chi connectivity index (χ0n) is 24.0. The Morgan fingerprint density at radius 2 is 1.60 bits per heavy atom. The van der Waals surface area contributed by atoms with E-state index < -0.39 is 0 Å². The van der Waals surface area contributed by atoms with Crippen LogP contribution >= 0.6 is 0 Å². The van der Waals surface area contributed by atoms with Gasteiger partial charge in [-0.1, -0.05) is 12.1 Å². The van der Waals surface area contributed by atoms with E-state index in [2.05, 4.69) is 20.4 Å². The molecule has 12 nitrogen and oxygen atoms in total. The number of hydrogen-bond acceptors (Lipinski definition) is 11. The molecule has 1 aromatic carbocycles. The highest BCUT2D eigenvalue weighted by Crippen LogP contribution is 2.44. The lowest BCUT2D eigenvalue weighted by Crippen LogP contribution is -2.44. The fraction of sp³-hybridized carbons (Fsp3) is 0.516. The molecule has 8 rings (SSSR count). The molecule has 3 saturated heterocycles. The molecule has 3 aromatic heterocycles. The standard InChI is InChI=1S/C31H37N9O3/c32-30-29-27(15-26(36-37-29)25-3-1-2-4-28(25)41)40(38-30)20-11-18-5-6-19(12-20)39(18)31-34-16-24(17-35-31)43-23-13-22(14-23)42-21-7-9-33-10-8-21/h1-4,15-23,33,41H,5-14H2,(H2,32,38)/t18?,19?,20?,22-,23-. The van der Waals surface area contributed by atoms with Crippen molar-refractivity contribution >= 4 is 22.8 Å². The number of rotatable bonds is 7. The number of nitrogens with two attached hydrogens (primary N) is 1. The van der Waals surface area contributed by atoms with Gasteiger partial charge in [0.1, 0.15) is 11.9 Å². The van der Waals surface area contributed by atoms with E-state index in [1.807, 2.05) is 35.3 Å². The molecule has 3 aliphatic heterocycles. The number of para-hydroxylation sites is 1. The van der Waals surface area contributed by atoms with E-state index in [1.165, 1.54) is 0 Å². The Labute approximate surface area is 249 Å². The first-order valence-corrected chi connectivity index (χ1v) is 15.5. The molecular weight excluding hydrogens is 546 g/mol. The Balaban J connectivity index is 0.933. The van der Waals surface area contributed by atoms with E-state index in [0.717, 1.165) is 81.7 Å². The number of nitrogens with one attached hydrogen (secondary N) is 1. The number of nitrogens with zero attached hydrogens (tertiary/aromatic N) is 7. The first kappa shape index (κ1) is 26.6. The molecule has 2 bridgehead atoms. The van der Waals surface area contributed by atoms with Crippen LogP contribution in [0, 0.1) is 0 Å². The third kappa shape index (κ3) is 5.02. The molecule has 12 heteroatoms. The summed E-state index contributed by atoms with van der Waals surface area (Å²) < 4.78 is 14.4. The largest absolute Gasteiger partial charge is 0.507 e. The van der Waals surface area contributed by atoms with Gasteiger partial charge in [0.25, 0.3) is 0 Å². The lowest BCUT2D eigenvalue weighted by Gasteiger charge is -2.39. The highest BCUT2D eigenvalue weighted by molar-refractivity contribution is 5.87. The van der Waals surface area contributed by atoms with E-state index in [1.54, 1.807) is 12.1 Å². The van der Waals surface area contributed by atoms with E-state index in [4.69, 9.17) is 30.3 Å². The maximum absolute atomic E-state index is 10.4. The van der Waals surface area contributed by atoms with Crippen LogP contribution in [-0.2, 0) is 4.74 Å². The van der Waals surface area contributed by atoms with Gasteiger partial charge in [0.15, 0.2) is 17.1 Å². The molecule has 2 unspecified atom stereocenters. The SMILES string of the molecule is Nc1nn(C2CC3CCC(C2)N3c2ncc(O[C@H]3C[C@H](OC4CCNCC4)C3)cn2)c2cc(-c3ccccc3O)nnc12. The van der Waals surface area contributed by atoms with Gasteiger partial charge < -0.3 is 30.5 Å². The Morgan fingerprint density at radius 3 is 2.35 bits per heavy atom. The number of hydrogen-bond donors (Lipinski definition) is 3.